The highest BCUT2D eigenvalue weighted by atomic mass is 16.7. The first-order chi connectivity index (χ1) is 30.7. The van der Waals surface area contributed by atoms with Gasteiger partial charge in [-0.25, -0.2) is 0 Å². The van der Waals surface area contributed by atoms with Crippen LogP contribution in [0.1, 0.15) is 24.5 Å². The van der Waals surface area contributed by atoms with Crippen molar-refractivity contribution in [1.82, 2.24) is 0 Å². The summed E-state index contributed by atoms with van der Waals surface area (Å²) in [6.07, 6.45) is -17.3. The summed E-state index contributed by atoms with van der Waals surface area (Å²) in [5.41, 5.74) is 57.0. The largest absolute Gasteiger partial charge is 0.390 e. The molecule has 334 valence electrons. The number of ether oxygens (including phenoxy) is 7. The zero-order valence-electron chi connectivity index (χ0n) is 33.5. The minimum Gasteiger partial charge on any atom is -0.390 e. The number of aliphatic hydroxyl groups is 3. The highest BCUT2D eigenvalue weighted by Crippen LogP contribution is 2.37. The normalized spacial score (nSPS) is 33.0. The Labute approximate surface area is 357 Å². The lowest BCUT2D eigenvalue weighted by Gasteiger charge is -2.49. The van der Waals surface area contributed by atoms with Crippen molar-refractivity contribution in [3.63, 3.8) is 0 Å². The number of aliphatic hydroxyl groups excluding tert-OH is 3. The van der Waals surface area contributed by atoms with E-state index in [-0.39, 0.29) is 32.8 Å². The molecule has 28 nitrogen and oxygen atoms in total. The Kier molecular flexibility index (Phi) is 18.7. The molecule has 1 aliphatic carbocycles. The fourth-order valence-electron chi connectivity index (χ4n) is 7.41. The second kappa shape index (κ2) is 24.5. The third kappa shape index (κ3) is 12.7. The van der Waals surface area contributed by atoms with E-state index in [4.69, 9.17) is 44.2 Å². The van der Waals surface area contributed by atoms with Crippen molar-refractivity contribution in [2.75, 3.05) is 19.7 Å². The average molecular weight is 877 g/mol. The third-order valence-electron chi connectivity index (χ3n) is 10.4. The predicted molar refractivity (Wildman–Crippen MR) is 215 cm³/mol. The van der Waals surface area contributed by atoms with Gasteiger partial charge in [-0.15, -0.1) is 0 Å². The molecule has 0 bridgehead atoms. The van der Waals surface area contributed by atoms with Gasteiger partial charge < -0.3 is 48.5 Å². The minimum absolute atomic E-state index is 0.0119. The quantitative estimate of drug-likeness (QED) is 0.0790. The van der Waals surface area contributed by atoms with Crippen LogP contribution in [0.5, 0.6) is 0 Å². The van der Waals surface area contributed by atoms with Gasteiger partial charge in [0.25, 0.3) is 0 Å². The summed E-state index contributed by atoms with van der Waals surface area (Å²) >= 11 is 0. The number of rotatable bonds is 21. The molecule has 3 N–H and O–H groups in total. The van der Waals surface area contributed by atoms with Gasteiger partial charge in [-0.1, -0.05) is 91.3 Å². The van der Waals surface area contributed by atoms with E-state index in [9.17, 15) is 37.4 Å². The van der Waals surface area contributed by atoms with Gasteiger partial charge in [0.1, 0.15) is 36.6 Å². The molecule has 3 aliphatic rings. The summed E-state index contributed by atoms with van der Waals surface area (Å²) < 4.78 is 44.3. The smallest absolute Gasteiger partial charge is 0.187 e. The van der Waals surface area contributed by atoms with Crippen LogP contribution in [0.15, 0.2) is 91.3 Å². The maximum atomic E-state index is 12.1. The Morgan fingerprint density at radius 2 is 1.19 bits per heavy atom. The van der Waals surface area contributed by atoms with E-state index in [2.05, 4.69) is 60.2 Å². The van der Waals surface area contributed by atoms with Crippen molar-refractivity contribution in [3.8, 4) is 0 Å². The van der Waals surface area contributed by atoms with Crippen LogP contribution < -0.4 is 0 Å². The Balaban J connectivity index is 1.52. The topological polar surface area (TPSA) is 418 Å². The Hall–Kier alpha value is -6.10. The lowest BCUT2D eigenvalue weighted by molar-refractivity contribution is -0.342. The SMILES string of the molecule is C[C@H]1O[C@H](O[C@@H]2[C@@H](O)[C@H](O[C@H]3O[C@H](CN=[N+]=[N-])[C@@H](O)[C@H](O)[C@H]3N=[N+]=[N-])[C@@H](N=[N+]=[N-])C[C@H]2N=[N+]=[N-])[C@H](OCc2ccccc2)[C@@H](OCc2ccccc2)[C@@H]1OC[C@@H](CN=[N+]=[N-])N=[N+]=[N-]. The van der Waals surface area contributed by atoms with E-state index in [0.29, 0.717) is 0 Å². The van der Waals surface area contributed by atoms with Crippen molar-refractivity contribution in [3.05, 3.63) is 134 Å². The van der Waals surface area contributed by atoms with E-state index in [1.54, 1.807) is 6.92 Å². The number of hydrogen-bond donors (Lipinski definition) is 3. The Morgan fingerprint density at radius 1 is 0.619 bits per heavy atom. The molecule has 1 saturated carbocycles. The van der Waals surface area contributed by atoms with Gasteiger partial charge in [0.15, 0.2) is 12.6 Å². The molecule has 2 heterocycles. The third-order valence-corrected chi connectivity index (χ3v) is 10.4. The van der Waals surface area contributed by atoms with Crippen molar-refractivity contribution in [2.45, 2.75) is 124 Å². The lowest BCUT2D eigenvalue weighted by atomic mass is 9.84. The first-order valence-electron chi connectivity index (χ1n) is 19.4. The van der Waals surface area contributed by atoms with Gasteiger partial charge >= 0.3 is 0 Å². The van der Waals surface area contributed by atoms with E-state index >= 15 is 0 Å². The van der Waals surface area contributed by atoms with E-state index in [1.807, 2.05) is 60.7 Å². The van der Waals surface area contributed by atoms with Crippen LogP contribution >= 0.6 is 0 Å². The molecule has 0 radical (unpaired) electrons. The summed E-state index contributed by atoms with van der Waals surface area (Å²) in [5.74, 6) is 0. The molecule has 63 heavy (non-hydrogen) atoms. The van der Waals surface area contributed by atoms with Crippen molar-refractivity contribution in [1.29, 1.82) is 0 Å². The van der Waals surface area contributed by atoms with E-state index in [0.717, 1.165) is 11.1 Å². The van der Waals surface area contributed by atoms with Crippen LogP contribution in [-0.2, 0) is 46.4 Å². The summed E-state index contributed by atoms with van der Waals surface area (Å²) in [6.45, 7) is 0.774. The van der Waals surface area contributed by atoms with Crippen molar-refractivity contribution >= 4 is 0 Å². The van der Waals surface area contributed by atoms with Crippen LogP contribution in [0.2, 0.25) is 0 Å². The minimum atomic E-state index is -1.85. The molecule has 3 fully saturated rings. The first-order valence-corrected chi connectivity index (χ1v) is 19.4. The second-order valence-electron chi connectivity index (χ2n) is 14.4. The van der Waals surface area contributed by atoms with Crippen LogP contribution in [0.3, 0.4) is 0 Å². The van der Waals surface area contributed by atoms with Crippen LogP contribution in [0.4, 0.5) is 0 Å². The monoisotopic (exact) mass is 876 g/mol. The molecule has 0 amide bonds. The van der Waals surface area contributed by atoms with Crippen LogP contribution in [-0.4, -0.2) is 133 Å². The van der Waals surface area contributed by atoms with Gasteiger partial charge in [-0.05, 0) is 57.7 Å². The fourth-order valence-corrected chi connectivity index (χ4v) is 7.41. The van der Waals surface area contributed by atoms with Gasteiger partial charge in [-0.2, -0.15) is 0 Å². The molecular formula is C35H44N18O10. The molecule has 0 unspecified atom stereocenters. The standard InChI is InChI=1S/C35H44N18O10/c1-18-29(59-17-21(44-50-38)13-42-48-36)32(57-15-19-8-4-2-5-9-19)33(58-16-20-10-6-3-7-11-20)35(60-18)63-31-23(46-52-40)12-22(45-51-39)30(28(31)56)62-34-25(47-53-41)27(55)26(54)24(61-34)14-43-49-37/h2-11,18,21-35,54-56H,12-17H2,1H3/t18-,21-,22+,23-,24-,25-,26-,27-,28+,29-,30-,31+,32+,33-,34-,35-/m1/s1. The Morgan fingerprint density at radius 3 is 1.75 bits per heavy atom. The molecule has 2 aromatic carbocycles. The maximum absolute atomic E-state index is 12.1. The molecule has 2 aliphatic heterocycles. The highest BCUT2D eigenvalue weighted by Gasteiger charge is 2.54. The van der Waals surface area contributed by atoms with Crippen molar-refractivity contribution in [2.24, 2.45) is 30.7 Å². The number of hydrogen-bond acceptors (Lipinski definition) is 16. The zero-order valence-corrected chi connectivity index (χ0v) is 33.5. The van der Waals surface area contributed by atoms with Gasteiger partial charge in [0.05, 0.1) is 75.0 Å². The highest BCUT2D eigenvalue weighted by molar-refractivity contribution is 5.15. The Bertz CT molecular complexity index is 2080. The number of nitrogens with zero attached hydrogens (tertiary/aromatic N) is 18. The van der Waals surface area contributed by atoms with E-state index in [1.165, 1.54) is 0 Å². The summed E-state index contributed by atoms with van der Waals surface area (Å²) in [6, 6.07) is 13.2. The molecule has 28 heteroatoms. The van der Waals surface area contributed by atoms with Gasteiger partial charge in [0, 0.05) is 36.0 Å². The zero-order chi connectivity index (χ0) is 45.1. The van der Waals surface area contributed by atoms with Gasteiger partial charge in [0.2, 0.25) is 0 Å². The molecule has 0 aromatic heterocycles. The summed E-state index contributed by atoms with van der Waals surface area (Å²) in [4.78, 5) is 16.8. The lowest BCUT2D eigenvalue weighted by Crippen LogP contribution is -2.65. The fraction of sp³-hybridized carbons (Fsp3) is 0.657. The number of azide groups is 6. The van der Waals surface area contributed by atoms with Crippen molar-refractivity contribution < 1.29 is 48.5 Å². The summed E-state index contributed by atoms with van der Waals surface area (Å²) in [5, 5.41) is 55.5. The predicted octanol–water partition coefficient (Wildman–Crippen LogP) is 5.61. The van der Waals surface area contributed by atoms with E-state index < -0.39 is 104 Å². The summed E-state index contributed by atoms with van der Waals surface area (Å²) in [7, 11) is 0. The molecule has 2 saturated heterocycles. The molecule has 2 aromatic rings. The molecular weight excluding hydrogens is 833 g/mol. The molecule has 0 spiro atoms. The first kappa shape index (κ1) is 47.9. The molecule has 5 rings (SSSR count). The van der Waals surface area contributed by atoms with Crippen LogP contribution in [0, 0.1) is 0 Å². The molecule has 16 atom stereocenters. The van der Waals surface area contributed by atoms with Gasteiger partial charge in [-0.3, -0.25) is 0 Å². The maximum Gasteiger partial charge on any atom is 0.187 e. The van der Waals surface area contributed by atoms with Crippen LogP contribution in [0.25, 0.3) is 62.7 Å². The number of benzene rings is 2. The average Bonchev–Trinajstić information content (AvgIpc) is 3.29. The second-order valence-corrected chi connectivity index (χ2v) is 14.4.